The Labute approximate surface area is 41.5 Å². The molecule has 0 amide bonds. The first-order valence-electron chi connectivity index (χ1n) is 2.04. The molecule has 0 aliphatic rings. The summed E-state index contributed by atoms with van der Waals surface area (Å²) in [6, 6.07) is 0. The topological polar surface area (TPSA) is 0 Å². The van der Waals surface area contributed by atoms with Gasteiger partial charge in [-0.1, -0.05) is 0 Å². The van der Waals surface area contributed by atoms with Crippen molar-refractivity contribution in [2.24, 2.45) is 0 Å². The quantitative estimate of drug-likeness (QED) is 0.469. The standard InChI is InChI=1S/5CH3.Cr/h5*1H3;. The number of hydrogen-bond acceptors (Lipinski definition) is 0. The van der Waals surface area contributed by atoms with Crippen LogP contribution >= 0.6 is 0 Å². The van der Waals surface area contributed by atoms with Gasteiger partial charge in [-0.05, 0) is 0 Å². The van der Waals surface area contributed by atoms with E-state index in [4.69, 9.17) is 0 Å². The molecule has 0 bridgehead atoms. The first-order chi connectivity index (χ1) is 2.24. The molecule has 0 N–H and O–H groups in total. The van der Waals surface area contributed by atoms with Crippen molar-refractivity contribution in [1.82, 2.24) is 0 Å². The van der Waals surface area contributed by atoms with E-state index in [2.05, 4.69) is 28.9 Å². The van der Waals surface area contributed by atoms with Crippen molar-refractivity contribution < 1.29 is 12.0 Å². The van der Waals surface area contributed by atoms with Gasteiger partial charge < -0.3 is 0 Å². The second kappa shape index (κ2) is 1.02. The molecule has 0 rings (SSSR count). The Morgan fingerprint density at radius 1 is 0.667 bits per heavy atom. The first kappa shape index (κ1) is 6.53. The van der Waals surface area contributed by atoms with Crippen LogP contribution in [0, 0.1) is 0 Å². The van der Waals surface area contributed by atoms with Gasteiger partial charge in [0, 0.05) is 0 Å². The van der Waals surface area contributed by atoms with E-state index in [9.17, 15) is 0 Å². The Morgan fingerprint density at radius 2 is 0.667 bits per heavy atom. The van der Waals surface area contributed by atoms with Crippen molar-refractivity contribution in [3.8, 4) is 0 Å². The Hall–Kier alpha value is 0.532. The summed E-state index contributed by atoms with van der Waals surface area (Å²) < 4.78 is 0. The second-order valence-corrected chi connectivity index (χ2v) is 16.8. The first-order valence-corrected chi connectivity index (χ1v) is 8.42. The van der Waals surface area contributed by atoms with Crippen LogP contribution in [0.2, 0.25) is 28.9 Å². The summed E-state index contributed by atoms with van der Waals surface area (Å²) >= 11 is -1.38. The molecular weight excluding hydrogens is 112 g/mol. The Bertz CT molecular complexity index is 37.1. The molecule has 1 heteroatoms. The summed E-state index contributed by atoms with van der Waals surface area (Å²) in [5.41, 5.74) is 0. The van der Waals surface area contributed by atoms with E-state index in [-0.39, 0.29) is 0 Å². The van der Waals surface area contributed by atoms with Gasteiger partial charge in [-0.3, -0.25) is 0 Å². The van der Waals surface area contributed by atoms with Gasteiger partial charge in [0.1, 0.15) is 0 Å². The minimum atomic E-state index is -1.38. The van der Waals surface area contributed by atoms with E-state index in [0.717, 1.165) is 0 Å². The summed E-state index contributed by atoms with van der Waals surface area (Å²) in [4.78, 5) is 0. The fourth-order valence-electron chi connectivity index (χ4n) is 0. The van der Waals surface area contributed by atoms with E-state index >= 15 is 0 Å². The summed E-state index contributed by atoms with van der Waals surface area (Å²) in [5, 5.41) is 0. The zero-order valence-electron chi connectivity index (χ0n) is 5.41. The average molecular weight is 127 g/mol. The zero-order valence-corrected chi connectivity index (χ0v) is 6.68. The number of hydrogen-bond donors (Lipinski definition) is 0. The van der Waals surface area contributed by atoms with E-state index < -0.39 is 12.0 Å². The van der Waals surface area contributed by atoms with Gasteiger partial charge in [0.2, 0.25) is 0 Å². The Morgan fingerprint density at radius 3 is 0.667 bits per heavy atom. The monoisotopic (exact) mass is 127 g/mol. The molecule has 0 aromatic rings. The van der Waals surface area contributed by atoms with Crippen molar-refractivity contribution in [1.29, 1.82) is 0 Å². The fourth-order valence-corrected chi connectivity index (χ4v) is 0. The van der Waals surface area contributed by atoms with Crippen molar-refractivity contribution in [3.63, 3.8) is 0 Å². The maximum absolute atomic E-state index is 2.38. The summed E-state index contributed by atoms with van der Waals surface area (Å²) in [6.45, 7) is 0. The molecule has 0 aliphatic carbocycles. The molecule has 41 valence electrons. The molecule has 0 aliphatic heterocycles. The van der Waals surface area contributed by atoms with E-state index in [1.165, 1.54) is 0 Å². The number of rotatable bonds is 0. The average Bonchev–Trinajstić information content (AvgIpc) is 0.650. The maximum atomic E-state index is 2.38. The molecule has 0 aromatic carbocycles. The van der Waals surface area contributed by atoms with Gasteiger partial charge in [-0.15, -0.1) is 0 Å². The normalized spacial score (nSPS) is 19.2. The summed E-state index contributed by atoms with van der Waals surface area (Å²) in [5.74, 6) is 11.9. The van der Waals surface area contributed by atoms with Crippen LogP contribution in [-0.2, 0) is 12.0 Å². The molecule has 0 spiro atoms. The van der Waals surface area contributed by atoms with Crippen LogP contribution in [0.3, 0.4) is 0 Å². The van der Waals surface area contributed by atoms with E-state index in [1.54, 1.807) is 0 Å². The molecular formula is C5H15Cr. The zero-order chi connectivity index (χ0) is 5.45. The predicted molar refractivity (Wildman–Crippen MR) is 29.3 cm³/mol. The molecule has 6 heavy (non-hydrogen) atoms. The van der Waals surface area contributed by atoms with Gasteiger partial charge in [0.05, 0.1) is 0 Å². The predicted octanol–water partition coefficient (Wildman–Crippen LogP) is 2.92. The third-order valence-electron chi connectivity index (χ3n) is 0. The van der Waals surface area contributed by atoms with Gasteiger partial charge >= 0.3 is 40.9 Å². The molecule has 0 radical (unpaired) electrons. The fraction of sp³-hybridized carbons (Fsp3) is 1.00. The van der Waals surface area contributed by atoms with E-state index in [0.29, 0.717) is 0 Å². The third-order valence-corrected chi connectivity index (χ3v) is 0. The van der Waals surface area contributed by atoms with Gasteiger partial charge in [-0.2, -0.15) is 0 Å². The van der Waals surface area contributed by atoms with Crippen LogP contribution in [0.4, 0.5) is 0 Å². The van der Waals surface area contributed by atoms with Gasteiger partial charge in [0.25, 0.3) is 0 Å². The van der Waals surface area contributed by atoms with Crippen LogP contribution < -0.4 is 0 Å². The van der Waals surface area contributed by atoms with E-state index in [1.807, 2.05) is 0 Å². The SMILES string of the molecule is [CH3][Cr]([CH3])([CH3])([CH3])[CH3]. The van der Waals surface area contributed by atoms with Crippen LogP contribution in [0.1, 0.15) is 0 Å². The van der Waals surface area contributed by atoms with Crippen molar-refractivity contribution in [2.75, 3.05) is 0 Å². The van der Waals surface area contributed by atoms with Crippen molar-refractivity contribution >= 4 is 0 Å². The molecule has 0 aromatic heterocycles. The molecule has 0 saturated carbocycles. The second-order valence-electron chi connectivity index (χ2n) is 4.08. The van der Waals surface area contributed by atoms with Crippen LogP contribution in [-0.4, -0.2) is 0 Å². The molecule has 0 fully saturated rings. The third kappa shape index (κ3) is 199. The van der Waals surface area contributed by atoms with Crippen LogP contribution in [0.5, 0.6) is 0 Å². The van der Waals surface area contributed by atoms with Crippen molar-refractivity contribution in [3.05, 3.63) is 0 Å². The molecule has 0 unspecified atom stereocenters. The molecule has 0 saturated heterocycles. The van der Waals surface area contributed by atoms with Gasteiger partial charge in [-0.25, -0.2) is 0 Å². The van der Waals surface area contributed by atoms with Crippen LogP contribution in [0.15, 0.2) is 0 Å². The Kier molecular flexibility index (Phi) is 1.12. The minimum absolute atomic E-state index is 1.38. The Balaban J connectivity index is 3.73. The molecule has 0 nitrogen and oxygen atoms in total. The molecule has 0 atom stereocenters. The van der Waals surface area contributed by atoms with Crippen molar-refractivity contribution in [2.45, 2.75) is 28.9 Å². The summed E-state index contributed by atoms with van der Waals surface area (Å²) in [7, 11) is 0. The van der Waals surface area contributed by atoms with Crippen LogP contribution in [0.25, 0.3) is 0 Å². The van der Waals surface area contributed by atoms with Gasteiger partial charge in [0.15, 0.2) is 0 Å². The molecule has 0 heterocycles. The summed E-state index contributed by atoms with van der Waals surface area (Å²) in [6.07, 6.45) is 0.